The number of carbonyl (C=O) groups excluding carboxylic acids is 1. The second kappa shape index (κ2) is 11.9. The predicted octanol–water partition coefficient (Wildman–Crippen LogP) is 5.83. The third-order valence-electron chi connectivity index (χ3n) is 5.31. The summed E-state index contributed by atoms with van der Waals surface area (Å²) in [5.41, 5.74) is 9.40. The van der Waals surface area contributed by atoms with Crippen molar-refractivity contribution in [3.05, 3.63) is 90.3 Å². The molecule has 0 spiro atoms. The number of amides is 1. The fraction of sp³-hybridized carbons (Fsp3) is 0.192. The summed E-state index contributed by atoms with van der Waals surface area (Å²) in [6.45, 7) is 0.520. The number of hydrogen-bond donors (Lipinski definition) is 3. The Morgan fingerprint density at radius 2 is 1.66 bits per heavy atom. The maximum atomic E-state index is 13.0. The molecule has 4 rings (SSSR count). The van der Waals surface area contributed by atoms with E-state index in [0.29, 0.717) is 42.3 Å². The maximum Gasteiger partial charge on any atom is 0.251 e. The number of nitrogens with one attached hydrogen (secondary N) is 2. The molecule has 0 bridgehead atoms. The highest BCUT2D eigenvalue weighted by atomic mass is 35.5. The summed E-state index contributed by atoms with van der Waals surface area (Å²) in [6, 6.07) is 23.9. The summed E-state index contributed by atoms with van der Waals surface area (Å²) in [4.78, 5) is 25.3. The molecule has 3 aromatic carbocycles. The van der Waals surface area contributed by atoms with Crippen molar-refractivity contribution < 1.29 is 4.79 Å². The van der Waals surface area contributed by atoms with E-state index in [1.54, 1.807) is 24.3 Å². The smallest absolute Gasteiger partial charge is 0.251 e. The van der Waals surface area contributed by atoms with Crippen molar-refractivity contribution in [3.8, 4) is 0 Å². The van der Waals surface area contributed by atoms with E-state index < -0.39 is 0 Å². The average molecular weight is 488 g/mol. The Kier molecular flexibility index (Phi) is 8.19. The van der Waals surface area contributed by atoms with Gasteiger partial charge in [0.15, 0.2) is 0 Å². The van der Waals surface area contributed by atoms with Crippen molar-refractivity contribution in [2.75, 3.05) is 12.4 Å². The Hall–Kier alpha value is -4.04. The second-order valence-corrected chi connectivity index (χ2v) is 8.16. The number of azo groups is 1. The molecular formula is C26H26ClN7O. The van der Waals surface area contributed by atoms with Gasteiger partial charge in [-0.25, -0.2) is 4.98 Å². The summed E-state index contributed by atoms with van der Waals surface area (Å²) < 4.78 is 0. The first-order valence-corrected chi connectivity index (χ1v) is 11.8. The molecule has 4 aromatic rings. The van der Waals surface area contributed by atoms with Gasteiger partial charge in [-0.05, 0) is 61.4 Å². The quantitative estimate of drug-likeness (QED) is 0.0857. The van der Waals surface area contributed by atoms with Crippen LogP contribution in [-0.2, 0) is 0 Å². The molecule has 8 nitrogen and oxygen atoms in total. The highest BCUT2D eigenvalue weighted by Crippen LogP contribution is 2.22. The van der Waals surface area contributed by atoms with Crippen LogP contribution in [-0.4, -0.2) is 34.1 Å². The number of rotatable bonds is 10. The lowest BCUT2D eigenvalue weighted by molar-refractivity contribution is 0.0932. The van der Waals surface area contributed by atoms with Gasteiger partial charge in [0, 0.05) is 12.1 Å². The van der Waals surface area contributed by atoms with E-state index in [-0.39, 0.29) is 17.8 Å². The van der Waals surface area contributed by atoms with E-state index in [4.69, 9.17) is 17.3 Å². The number of fused-ring (bicyclic) bond motifs is 1. The van der Waals surface area contributed by atoms with Gasteiger partial charge < -0.3 is 16.0 Å². The molecule has 0 saturated carbocycles. The largest absolute Gasteiger partial charge is 0.386 e. The van der Waals surface area contributed by atoms with Crippen LogP contribution in [0.2, 0.25) is 0 Å². The second-order valence-electron chi connectivity index (χ2n) is 7.90. The molecule has 0 aliphatic carbocycles. The van der Waals surface area contributed by atoms with Crippen LogP contribution in [0.4, 0.5) is 11.4 Å². The number of hydrogen-bond acceptors (Lipinski definition) is 5. The summed E-state index contributed by atoms with van der Waals surface area (Å²) in [6.07, 6.45) is 1.34. The number of alkyl halides is 1. The molecule has 9 heteroatoms. The van der Waals surface area contributed by atoms with Gasteiger partial charge in [-0.3, -0.25) is 9.79 Å². The molecule has 35 heavy (non-hydrogen) atoms. The first kappa shape index (κ1) is 24.1. The number of nitrogens with two attached hydrogens (primary N) is 1. The van der Waals surface area contributed by atoms with Crippen LogP contribution >= 0.6 is 11.6 Å². The van der Waals surface area contributed by atoms with Crippen molar-refractivity contribution in [1.29, 1.82) is 0 Å². The zero-order valence-electron chi connectivity index (χ0n) is 19.1. The Labute approximate surface area is 208 Å². The van der Waals surface area contributed by atoms with E-state index in [1.165, 1.54) is 0 Å². The number of carbonyl (C=O) groups is 1. The van der Waals surface area contributed by atoms with Gasteiger partial charge >= 0.3 is 0 Å². The SMILES string of the molecule is NC(CCl)=NCCC[C@H](NC(=O)c1ccc(N=Nc2ccccc2)cc1)c1nc2ccccc2[nH]1. The number of aromatic nitrogens is 2. The summed E-state index contributed by atoms with van der Waals surface area (Å²) >= 11 is 5.69. The number of H-pyrrole nitrogens is 1. The number of aromatic amines is 1. The molecule has 1 atom stereocenters. The van der Waals surface area contributed by atoms with Crippen LogP contribution in [0.25, 0.3) is 11.0 Å². The number of nitrogens with zero attached hydrogens (tertiary/aromatic N) is 4. The van der Waals surface area contributed by atoms with Crippen LogP contribution < -0.4 is 11.1 Å². The predicted molar refractivity (Wildman–Crippen MR) is 140 cm³/mol. The monoisotopic (exact) mass is 487 g/mol. The Morgan fingerprint density at radius 1 is 0.971 bits per heavy atom. The van der Waals surface area contributed by atoms with Crippen LogP contribution in [0.3, 0.4) is 0 Å². The first-order valence-electron chi connectivity index (χ1n) is 11.3. The molecule has 1 heterocycles. The van der Waals surface area contributed by atoms with Gasteiger partial charge in [-0.15, -0.1) is 11.6 Å². The number of para-hydroxylation sites is 2. The molecule has 1 amide bonds. The van der Waals surface area contributed by atoms with Gasteiger partial charge in [0.25, 0.3) is 5.91 Å². The molecule has 0 saturated heterocycles. The van der Waals surface area contributed by atoms with E-state index >= 15 is 0 Å². The van der Waals surface area contributed by atoms with Crippen molar-refractivity contribution in [2.45, 2.75) is 18.9 Å². The normalized spacial score (nSPS) is 12.8. The molecule has 0 unspecified atom stereocenters. The number of aliphatic imine (C=N–C) groups is 1. The Bertz CT molecular complexity index is 1280. The van der Waals surface area contributed by atoms with Gasteiger partial charge in [-0.2, -0.15) is 10.2 Å². The molecule has 0 radical (unpaired) electrons. The van der Waals surface area contributed by atoms with Crippen molar-refractivity contribution >= 4 is 45.8 Å². The zero-order valence-corrected chi connectivity index (χ0v) is 19.8. The van der Waals surface area contributed by atoms with Crippen molar-refractivity contribution in [3.63, 3.8) is 0 Å². The van der Waals surface area contributed by atoms with E-state index in [2.05, 4.69) is 30.5 Å². The van der Waals surface area contributed by atoms with Crippen molar-refractivity contribution in [2.24, 2.45) is 21.0 Å². The Morgan fingerprint density at radius 3 is 2.37 bits per heavy atom. The number of halogens is 1. The highest BCUT2D eigenvalue weighted by Gasteiger charge is 2.19. The minimum Gasteiger partial charge on any atom is -0.386 e. The average Bonchev–Trinajstić information content (AvgIpc) is 3.34. The standard InChI is InChI=1S/C26H26ClN7O/c27-17-24(28)29-16-6-11-23(25-30-21-9-4-5-10-22(21)31-25)32-26(35)18-12-14-20(15-13-18)34-33-19-7-2-1-3-8-19/h1-5,7-10,12-15,23H,6,11,16-17H2,(H2,28,29)(H,30,31)(H,32,35)/t23-/m0/s1. The van der Waals surface area contributed by atoms with Crippen molar-refractivity contribution in [1.82, 2.24) is 15.3 Å². The minimum absolute atomic E-state index is 0.199. The molecular weight excluding hydrogens is 462 g/mol. The van der Waals surface area contributed by atoms with E-state index in [1.807, 2.05) is 54.6 Å². The lowest BCUT2D eigenvalue weighted by Crippen LogP contribution is -2.29. The number of benzene rings is 3. The summed E-state index contributed by atoms with van der Waals surface area (Å²) in [5, 5.41) is 11.5. The van der Waals surface area contributed by atoms with E-state index in [0.717, 1.165) is 16.7 Å². The number of amidine groups is 1. The van der Waals surface area contributed by atoms with Gasteiger partial charge in [-0.1, -0.05) is 30.3 Å². The Balaban J connectivity index is 1.46. The fourth-order valence-corrected chi connectivity index (χ4v) is 3.59. The third kappa shape index (κ3) is 6.74. The highest BCUT2D eigenvalue weighted by molar-refractivity contribution is 6.27. The van der Waals surface area contributed by atoms with Crippen LogP contribution in [0, 0.1) is 0 Å². The molecule has 0 fully saturated rings. The topological polar surface area (TPSA) is 121 Å². The molecule has 178 valence electrons. The van der Waals surface area contributed by atoms with Gasteiger partial charge in [0.1, 0.15) is 11.7 Å². The van der Waals surface area contributed by atoms with Crippen LogP contribution in [0.5, 0.6) is 0 Å². The minimum atomic E-state index is -0.320. The lowest BCUT2D eigenvalue weighted by atomic mass is 10.1. The van der Waals surface area contributed by atoms with Gasteiger partial charge in [0.2, 0.25) is 0 Å². The molecule has 0 aliphatic heterocycles. The lowest BCUT2D eigenvalue weighted by Gasteiger charge is -2.16. The molecule has 4 N–H and O–H groups in total. The summed E-state index contributed by atoms with van der Waals surface area (Å²) in [5.74, 6) is 1.10. The van der Waals surface area contributed by atoms with Gasteiger partial charge in [0.05, 0.1) is 34.3 Å². The van der Waals surface area contributed by atoms with Crippen LogP contribution in [0.15, 0.2) is 94.1 Å². The zero-order chi connectivity index (χ0) is 24.5. The maximum absolute atomic E-state index is 13.0. The first-order chi connectivity index (χ1) is 17.1. The van der Waals surface area contributed by atoms with Crippen LogP contribution in [0.1, 0.15) is 35.1 Å². The molecule has 0 aliphatic rings. The third-order valence-corrected chi connectivity index (χ3v) is 5.59. The molecule has 1 aromatic heterocycles. The summed E-state index contributed by atoms with van der Waals surface area (Å²) in [7, 11) is 0. The number of imidazole rings is 1. The fourth-order valence-electron chi connectivity index (χ4n) is 3.51. The van der Waals surface area contributed by atoms with E-state index in [9.17, 15) is 4.79 Å².